The van der Waals surface area contributed by atoms with E-state index in [1.807, 2.05) is 0 Å². The smallest absolute Gasteiger partial charge is 0.282 e. The predicted octanol–water partition coefficient (Wildman–Crippen LogP) is 4.60. The van der Waals surface area contributed by atoms with Crippen molar-refractivity contribution in [2.45, 2.75) is 13.0 Å². The van der Waals surface area contributed by atoms with Crippen LogP contribution in [0.1, 0.15) is 6.92 Å². The molecule has 1 aromatic heterocycles. The number of carbonyl (C=O) groups excluding carboxylic acids is 1. The van der Waals surface area contributed by atoms with Crippen LogP contribution in [0.15, 0.2) is 69.2 Å². The maximum atomic E-state index is 12.9. The molecule has 1 aliphatic heterocycles. The molecular weight excluding hydrogens is 420 g/mol. The van der Waals surface area contributed by atoms with E-state index in [1.54, 1.807) is 55.8 Å². The molecule has 0 spiro atoms. The zero-order valence-electron chi connectivity index (χ0n) is 16.5. The van der Waals surface area contributed by atoms with Crippen LogP contribution in [0.2, 0.25) is 0 Å². The van der Waals surface area contributed by atoms with Crippen molar-refractivity contribution >= 4 is 39.5 Å². The van der Waals surface area contributed by atoms with E-state index in [4.69, 9.17) is 4.74 Å². The minimum Gasteiger partial charge on any atom is -0.497 e. The van der Waals surface area contributed by atoms with Gasteiger partial charge in [0.15, 0.2) is 6.04 Å². The number of benzene rings is 2. The molecule has 2 aromatic carbocycles. The molecule has 156 valence electrons. The van der Waals surface area contributed by atoms with Crippen LogP contribution in [0.3, 0.4) is 0 Å². The molecule has 1 aliphatic rings. The molecule has 11 heteroatoms. The average molecular weight is 436 g/mol. The van der Waals surface area contributed by atoms with E-state index in [2.05, 4.69) is 20.3 Å². The predicted molar refractivity (Wildman–Crippen MR) is 116 cm³/mol. The number of nitro benzene ring substituents is 1. The van der Waals surface area contributed by atoms with E-state index in [-0.39, 0.29) is 11.6 Å². The van der Waals surface area contributed by atoms with Crippen molar-refractivity contribution in [1.29, 1.82) is 0 Å². The number of thiazole rings is 1. The topological polar surface area (TPSA) is 123 Å². The van der Waals surface area contributed by atoms with Gasteiger partial charge in [0, 0.05) is 29.1 Å². The number of anilines is 1. The molecule has 3 aromatic rings. The van der Waals surface area contributed by atoms with Gasteiger partial charge in [0.1, 0.15) is 5.75 Å². The first-order chi connectivity index (χ1) is 15.0. The summed E-state index contributed by atoms with van der Waals surface area (Å²) >= 11 is 1.21. The number of rotatable bonds is 6. The highest BCUT2D eigenvalue weighted by atomic mass is 32.1. The van der Waals surface area contributed by atoms with Gasteiger partial charge in [-0.15, -0.1) is 11.3 Å². The summed E-state index contributed by atoms with van der Waals surface area (Å²) in [6.07, 6.45) is 0. The van der Waals surface area contributed by atoms with E-state index >= 15 is 0 Å². The quantitative estimate of drug-likeness (QED) is 0.317. The number of hydrogen-bond acceptors (Lipinski definition) is 9. The summed E-state index contributed by atoms with van der Waals surface area (Å²) in [7, 11) is 1.56. The van der Waals surface area contributed by atoms with Crippen molar-refractivity contribution in [2.24, 2.45) is 15.3 Å². The van der Waals surface area contributed by atoms with Crippen LogP contribution in [-0.2, 0) is 4.79 Å². The summed E-state index contributed by atoms with van der Waals surface area (Å²) in [5.41, 5.74) is 2.12. The van der Waals surface area contributed by atoms with Gasteiger partial charge in [-0.25, -0.2) is 4.98 Å². The first-order valence-electron chi connectivity index (χ1n) is 9.10. The third-order valence-corrected chi connectivity index (χ3v) is 5.28. The molecule has 10 nitrogen and oxygen atoms in total. The second kappa shape index (κ2) is 8.40. The number of azo groups is 1. The zero-order valence-corrected chi connectivity index (χ0v) is 17.3. The molecule has 0 radical (unpaired) electrons. The number of amides is 1. The highest BCUT2D eigenvalue weighted by Crippen LogP contribution is 2.32. The van der Waals surface area contributed by atoms with E-state index in [0.29, 0.717) is 33.5 Å². The lowest BCUT2D eigenvalue weighted by Crippen LogP contribution is -2.29. The second-order valence-corrected chi connectivity index (χ2v) is 7.37. The SMILES string of the molecule is COc1cccc(N=N[C@H]2C(=O)N(c3nc(-c4cccc([N+](=O)[O-])c4)cs3)N=C2C)c1. The Morgan fingerprint density at radius 1 is 1.23 bits per heavy atom. The van der Waals surface area contributed by atoms with E-state index in [0.717, 1.165) is 0 Å². The summed E-state index contributed by atoms with van der Waals surface area (Å²) < 4.78 is 5.16. The maximum Gasteiger partial charge on any atom is 0.282 e. The largest absolute Gasteiger partial charge is 0.497 e. The molecule has 1 amide bonds. The molecule has 1 atom stereocenters. The van der Waals surface area contributed by atoms with Crippen molar-refractivity contribution in [2.75, 3.05) is 12.1 Å². The Balaban J connectivity index is 1.54. The Hall–Kier alpha value is -3.99. The molecule has 2 heterocycles. The van der Waals surface area contributed by atoms with E-state index in [1.165, 1.54) is 28.5 Å². The van der Waals surface area contributed by atoms with Crippen LogP contribution < -0.4 is 9.75 Å². The fraction of sp³-hybridized carbons (Fsp3) is 0.150. The van der Waals surface area contributed by atoms with Gasteiger partial charge in [-0.2, -0.15) is 20.3 Å². The Morgan fingerprint density at radius 2 is 2.03 bits per heavy atom. The Morgan fingerprint density at radius 3 is 2.81 bits per heavy atom. The van der Waals surface area contributed by atoms with Crippen molar-refractivity contribution in [3.63, 3.8) is 0 Å². The third kappa shape index (κ3) is 4.16. The summed E-state index contributed by atoms with van der Waals surface area (Å²) in [5, 5.41) is 26.8. The first kappa shape index (κ1) is 20.3. The fourth-order valence-electron chi connectivity index (χ4n) is 2.90. The number of aromatic nitrogens is 1. The first-order valence-corrected chi connectivity index (χ1v) is 9.98. The van der Waals surface area contributed by atoms with Gasteiger partial charge in [-0.3, -0.25) is 14.9 Å². The lowest BCUT2D eigenvalue weighted by atomic mass is 10.1. The number of non-ortho nitro benzene ring substituents is 1. The Labute approximate surface area is 180 Å². The molecule has 0 aliphatic carbocycles. The maximum absolute atomic E-state index is 12.9. The number of hydrogen-bond donors (Lipinski definition) is 0. The summed E-state index contributed by atoms with van der Waals surface area (Å²) in [4.78, 5) is 27.8. The van der Waals surface area contributed by atoms with Gasteiger partial charge in [0.25, 0.3) is 11.6 Å². The monoisotopic (exact) mass is 436 g/mol. The van der Waals surface area contributed by atoms with Gasteiger partial charge in [0.2, 0.25) is 5.13 Å². The fourth-order valence-corrected chi connectivity index (χ4v) is 3.68. The molecule has 4 rings (SSSR count). The zero-order chi connectivity index (χ0) is 22.0. The summed E-state index contributed by atoms with van der Waals surface area (Å²) in [6.45, 7) is 1.70. The Bertz CT molecular complexity index is 1220. The van der Waals surface area contributed by atoms with Crippen molar-refractivity contribution < 1.29 is 14.5 Å². The van der Waals surface area contributed by atoms with Crippen LogP contribution >= 0.6 is 11.3 Å². The van der Waals surface area contributed by atoms with Crippen LogP contribution in [0.4, 0.5) is 16.5 Å². The van der Waals surface area contributed by atoms with Gasteiger partial charge in [-0.05, 0) is 19.1 Å². The lowest BCUT2D eigenvalue weighted by molar-refractivity contribution is -0.384. The minimum absolute atomic E-state index is 0.0313. The van der Waals surface area contributed by atoms with Crippen molar-refractivity contribution in [1.82, 2.24) is 4.98 Å². The number of carbonyl (C=O) groups is 1. The van der Waals surface area contributed by atoms with Crippen LogP contribution in [0.5, 0.6) is 5.75 Å². The highest BCUT2D eigenvalue weighted by Gasteiger charge is 2.36. The Kier molecular flexibility index (Phi) is 5.50. The molecule has 0 unspecified atom stereocenters. The molecule has 31 heavy (non-hydrogen) atoms. The van der Waals surface area contributed by atoms with Crippen LogP contribution in [0.25, 0.3) is 11.3 Å². The highest BCUT2D eigenvalue weighted by molar-refractivity contribution is 7.14. The number of methoxy groups -OCH3 is 1. The molecule has 0 saturated carbocycles. The summed E-state index contributed by atoms with van der Waals surface area (Å²) in [6, 6.07) is 12.3. The number of ether oxygens (including phenoxy) is 1. The van der Waals surface area contributed by atoms with Gasteiger partial charge >= 0.3 is 0 Å². The second-order valence-electron chi connectivity index (χ2n) is 6.53. The average Bonchev–Trinajstić information content (AvgIpc) is 3.37. The number of nitrogens with zero attached hydrogens (tertiary/aromatic N) is 6. The van der Waals surface area contributed by atoms with Gasteiger partial charge in [0.05, 0.1) is 29.1 Å². The lowest BCUT2D eigenvalue weighted by Gasteiger charge is -2.08. The van der Waals surface area contributed by atoms with E-state index in [9.17, 15) is 14.9 Å². The van der Waals surface area contributed by atoms with E-state index < -0.39 is 11.0 Å². The summed E-state index contributed by atoms with van der Waals surface area (Å²) in [5.74, 6) is 0.266. The number of hydrazone groups is 1. The molecule has 0 bridgehead atoms. The molecule has 0 N–H and O–H groups in total. The molecule has 0 fully saturated rings. The van der Waals surface area contributed by atoms with Crippen molar-refractivity contribution in [3.05, 3.63) is 64.0 Å². The number of nitro groups is 1. The van der Waals surface area contributed by atoms with Gasteiger partial charge < -0.3 is 4.74 Å². The standard InChI is InChI=1S/C20H16N6O4S/c1-12-18(23-22-14-6-4-8-16(10-14)30-2)19(27)25(24-12)20-21-17(11-31-20)13-5-3-7-15(9-13)26(28)29/h3-11,18H,1-2H3/t18-/m1/s1. The van der Waals surface area contributed by atoms with Gasteiger partial charge in [-0.1, -0.05) is 18.2 Å². The minimum atomic E-state index is -0.851. The molecular formula is C20H16N6O4S. The van der Waals surface area contributed by atoms with Crippen LogP contribution in [-0.4, -0.2) is 34.7 Å². The molecule has 0 saturated heterocycles. The van der Waals surface area contributed by atoms with Crippen molar-refractivity contribution in [3.8, 4) is 17.0 Å². The van der Waals surface area contributed by atoms with Crippen LogP contribution in [0, 0.1) is 10.1 Å². The third-order valence-electron chi connectivity index (χ3n) is 4.46. The normalized spacial score (nSPS) is 16.1.